The van der Waals surface area contributed by atoms with E-state index in [1.807, 2.05) is 12.0 Å². The molecule has 3 nitrogen and oxygen atoms in total. The molecule has 1 heterocycles. The number of hydrogen-bond donors (Lipinski definition) is 1. The topological polar surface area (TPSA) is 38.7 Å². The number of hydrogen-bond acceptors (Lipinski definition) is 3. The summed E-state index contributed by atoms with van der Waals surface area (Å²) < 4.78 is 12.4. The largest absolute Gasteiger partial charge is 0.487 e. The van der Waals surface area contributed by atoms with Crippen LogP contribution in [0, 0.1) is 0 Å². The first-order chi connectivity index (χ1) is 12.2. The van der Waals surface area contributed by atoms with Gasteiger partial charge in [0.05, 0.1) is 11.2 Å². The number of unbranched alkanes of at least 4 members (excludes halogenated alkanes) is 1. The summed E-state index contributed by atoms with van der Waals surface area (Å²) >= 11 is 0. The van der Waals surface area contributed by atoms with Crippen molar-refractivity contribution in [2.75, 3.05) is 0 Å². The Morgan fingerprint density at radius 2 is 1.81 bits per heavy atom. The summed E-state index contributed by atoms with van der Waals surface area (Å²) in [5.74, 6) is 2.05. The van der Waals surface area contributed by atoms with Crippen molar-refractivity contribution >= 4 is 7.12 Å². The minimum atomic E-state index is -0.909. The van der Waals surface area contributed by atoms with Crippen LogP contribution in [0.25, 0.3) is 0 Å². The number of aryl methyl sites for hydroxylation is 1. The Morgan fingerprint density at radius 3 is 2.46 bits per heavy atom. The zero-order valence-electron chi connectivity index (χ0n) is 17.0. The average Bonchev–Trinajstić information content (AvgIpc) is 2.78. The highest BCUT2D eigenvalue weighted by Gasteiger charge is 2.51. The Hall–Kier alpha value is -1.10. The SMILES string of the molecule is CCCCC(=CB1OC(C)(C)C(C)(C)O1)C1(O)CCCc2ccccc21. The van der Waals surface area contributed by atoms with Crippen molar-refractivity contribution in [1.29, 1.82) is 0 Å². The van der Waals surface area contributed by atoms with Gasteiger partial charge in [0.25, 0.3) is 0 Å². The summed E-state index contributed by atoms with van der Waals surface area (Å²) in [6, 6.07) is 8.32. The van der Waals surface area contributed by atoms with Crippen LogP contribution in [0.3, 0.4) is 0 Å². The predicted molar refractivity (Wildman–Crippen MR) is 107 cm³/mol. The zero-order chi connectivity index (χ0) is 19.0. The molecule has 1 aliphatic heterocycles. The number of aliphatic hydroxyl groups is 1. The van der Waals surface area contributed by atoms with Crippen LogP contribution in [0.15, 0.2) is 35.8 Å². The second-order valence-corrected chi connectivity index (χ2v) is 8.79. The molecule has 0 spiro atoms. The Morgan fingerprint density at radius 1 is 1.15 bits per heavy atom. The van der Waals surface area contributed by atoms with Gasteiger partial charge < -0.3 is 14.4 Å². The Bertz CT molecular complexity index is 664. The van der Waals surface area contributed by atoms with E-state index in [0.717, 1.165) is 49.7 Å². The monoisotopic (exact) mass is 356 g/mol. The van der Waals surface area contributed by atoms with E-state index < -0.39 is 12.7 Å². The number of fused-ring (bicyclic) bond motifs is 1. The third-order valence-electron chi connectivity index (χ3n) is 6.39. The van der Waals surface area contributed by atoms with E-state index >= 15 is 0 Å². The van der Waals surface area contributed by atoms with Gasteiger partial charge >= 0.3 is 7.12 Å². The first kappa shape index (κ1) is 19.7. The molecule has 1 atom stereocenters. The third-order valence-corrected chi connectivity index (χ3v) is 6.39. The van der Waals surface area contributed by atoms with Crippen LogP contribution in [0.1, 0.15) is 77.8 Å². The molecule has 3 rings (SSSR count). The molecule has 4 heteroatoms. The maximum absolute atomic E-state index is 11.8. The lowest BCUT2D eigenvalue weighted by atomic mass is 9.70. The van der Waals surface area contributed by atoms with Crippen LogP contribution in [0.2, 0.25) is 0 Å². The van der Waals surface area contributed by atoms with Gasteiger partial charge in [0, 0.05) is 0 Å². The van der Waals surface area contributed by atoms with Crippen LogP contribution < -0.4 is 0 Å². The van der Waals surface area contributed by atoms with Crippen molar-refractivity contribution in [3.63, 3.8) is 0 Å². The summed E-state index contributed by atoms with van der Waals surface area (Å²) in [5, 5.41) is 11.8. The summed E-state index contributed by atoms with van der Waals surface area (Å²) in [7, 11) is -0.412. The van der Waals surface area contributed by atoms with Gasteiger partial charge in [-0.25, -0.2) is 0 Å². The quantitative estimate of drug-likeness (QED) is 0.758. The molecule has 1 aliphatic carbocycles. The molecule has 1 saturated heterocycles. The summed E-state index contributed by atoms with van der Waals surface area (Å²) in [6.45, 7) is 10.5. The first-order valence-electron chi connectivity index (χ1n) is 10.1. The van der Waals surface area contributed by atoms with E-state index in [1.54, 1.807) is 0 Å². The molecular formula is C22H33BO3. The summed E-state index contributed by atoms with van der Waals surface area (Å²) in [6.07, 6.45) is 5.81. The molecule has 1 fully saturated rings. The highest BCUT2D eigenvalue weighted by molar-refractivity contribution is 6.51. The summed E-state index contributed by atoms with van der Waals surface area (Å²) in [5.41, 5.74) is 1.73. The van der Waals surface area contributed by atoms with E-state index in [2.05, 4.69) is 52.8 Å². The summed E-state index contributed by atoms with van der Waals surface area (Å²) in [4.78, 5) is 0. The molecular weight excluding hydrogens is 323 g/mol. The molecule has 1 aromatic rings. The molecule has 1 aromatic carbocycles. The molecule has 0 amide bonds. The Kier molecular flexibility index (Phi) is 5.40. The Labute approximate surface area is 158 Å². The van der Waals surface area contributed by atoms with E-state index in [1.165, 1.54) is 5.56 Å². The molecule has 1 unspecified atom stereocenters. The maximum atomic E-state index is 11.8. The molecule has 2 aliphatic rings. The Balaban J connectivity index is 1.97. The number of benzene rings is 1. The first-order valence-corrected chi connectivity index (χ1v) is 10.1. The van der Waals surface area contributed by atoms with Gasteiger partial charge in [-0.3, -0.25) is 0 Å². The fraction of sp³-hybridized carbons (Fsp3) is 0.636. The third kappa shape index (κ3) is 3.52. The van der Waals surface area contributed by atoms with Gasteiger partial charge in [0.2, 0.25) is 0 Å². The lowest BCUT2D eigenvalue weighted by Gasteiger charge is -2.37. The molecule has 0 radical (unpaired) electrons. The molecule has 1 N–H and O–H groups in total. The second-order valence-electron chi connectivity index (χ2n) is 8.79. The van der Waals surface area contributed by atoms with Crippen LogP contribution in [0.5, 0.6) is 0 Å². The minimum Gasteiger partial charge on any atom is -0.400 e. The van der Waals surface area contributed by atoms with Gasteiger partial charge in [0.15, 0.2) is 0 Å². The fourth-order valence-electron chi connectivity index (χ4n) is 4.06. The van der Waals surface area contributed by atoms with Gasteiger partial charge in [0.1, 0.15) is 5.60 Å². The van der Waals surface area contributed by atoms with Crippen LogP contribution in [-0.2, 0) is 21.3 Å². The van der Waals surface area contributed by atoms with Gasteiger partial charge in [-0.2, -0.15) is 0 Å². The highest BCUT2D eigenvalue weighted by atomic mass is 16.7. The van der Waals surface area contributed by atoms with E-state index in [4.69, 9.17) is 9.31 Å². The van der Waals surface area contributed by atoms with Crippen molar-refractivity contribution in [2.24, 2.45) is 0 Å². The molecule has 142 valence electrons. The van der Waals surface area contributed by atoms with E-state index in [9.17, 15) is 5.11 Å². The van der Waals surface area contributed by atoms with E-state index in [-0.39, 0.29) is 11.2 Å². The van der Waals surface area contributed by atoms with Crippen molar-refractivity contribution in [2.45, 2.75) is 89.9 Å². The van der Waals surface area contributed by atoms with Crippen molar-refractivity contribution < 1.29 is 14.4 Å². The molecule has 26 heavy (non-hydrogen) atoms. The minimum absolute atomic E-state index is 0.364. The maximum Gasteiger partial charge on any atom is 0.487 e. The molecule has 0 saturated carbocycles. The molecule has 0 bridgehead atoms. The van der Waals surface area contributed by atoms with Gasteiger partial charge in [-0.15, -0.1) is 0 Å². The standard InChI is InChI=1S/C22H33BO3/c1-6-7-13-18(16-23-25-20(2,3)21(4,5)26-23)22(24)15-10-12-17-11-8-9-14-19(17)22/h8-9,11,14,16,24H,6-7,10,12-13,15H2,1-5H3. The lowest BCUT2D eigenvalue weighted by molar-refractivity contribution is 0.00578. The smallest absolute Gasteiger partial charge is 0.400 e. The highest BCUT2D eigenvalue weighted by Crippen LogP contribution is 2.44. The van der Waals surface area contributed by atoms with Crippen molar-refractivity contribution in [3.05, 3.63) is 46.9 Å². The second kappa shape index (κ2) is 7.14. The van der Waals surface area contributed by atoms with Crippen LogP contribution in [0.4, 0.5) is 0 Å². The van der Waals surface area contributed by atoms with Crippen LogP contribution >= 0.6 is 0 Å². The fourth-order valence-corrected chi connectivity index (χ4v) is 4.06. The normalized spacial score (nSPS) is 27.5. The zero-order valence-corrected chi connectivity index (χ0v) is 17.0. The van der Waals surface area contributed by atoms with Gasteiger partial charge in [-0.05, 0) is 76.5 Å². The average molecular weight is 356 g/mol. The number of rotatable bonds is 5. The van der Waals surface area contributed by atoms with Crippen molar-refractivity contribution in [3.8, 4) is 0 Å². The van der Waals surface area contributed by atoms with Gasteiger partial charge in [-0.1, -0.05) is 43.6 Å². The molecule has 0 aromatic heterocycles. The van der Waals surface area contributed by atoms with Crippen molar-refractivity contribution in [1.82, 2.24) is 0 Å². The van der Waals surface area contributed by atoms with Crippen LogP contribution in [-0.4, -0.2) is 23.4 Å². The van der Waals surface area contributed by atoms with E-state index in [0.29, 0.717) is 0 Å². The predicted octanol–water partition coefficient (Wildman–Crippen LogP) is 4.96. The lowest BCUT2D eigenvalue weighted by Crippen LogP contribution is -2.41.